The zero-order chi connectivity index (χ0) is 19.7. The Morgan fingerprint density at radius 1 is 1.19 bits per heavy atom. The first kappa shape index (κ1) is 18.1. The van der Waals surface area contributed by atoms with Crippen molar-refractivity contribution < 1.29 is 18.0 Å². The molecule has 0 atom stereocenters. The SMILES string of the molecule is C#CC(=N)NC(=O)c1cc(C)c2nccc(-c3c(F)cc(F)cc3F)c2c1. The standard InChI is InChI=1S/C20H12F3N3O/c1-3-17(24)26-20(27)11-6-10(2)19-14(7-11)13(4-5-25-19)18-15(22)8-12(21)9-16(18)23/h1,4-9H,2H3,(H2,24,26,27). The van der Waals surface area contributed by atoms with Crippen LogP contribution in [0.1, 0.15) is 15.9 Å². The first-order chi connectivity index (χ1) is 12.8. The van der Waals surface area contributed by atoms with Gasteiger partial charge in [0.25, 0.3) is 5.91 Å². The van der Waals surface area contributed by atoms with E-state index in [0.717, 1.165) is 0 Å². The van der Waals surface area contributed by atoms with Gasteiger partial charge in [0.1, 0.15) is 17.5 Å². The highest BCUT2D eigenvalue weighted by molar-refractivity contribution is 6.12. The van der Waals surface area contributed by atoms with Gasteiger partial charge in [0.05, 0.1) is 11.1 Å². The highest BCUT2D eigenvalue weighted by Gasteiger charge is 2.18. The molecule has 1 heterocycles. The van der Waals surface area contributed by atoms with Crippen molar-refractivity contribution in [1.29, 1.82) is 5.41 Å². The Balaban J connectivity index is 2.26. The number of pyridine rings is 1. The number of hydrogen-bond donors (Lipinski definition) is 2. The average Bonchev–Trinajstić information content (AvgIpc) is 2.61. The molecule has 0 saturated carbocycles. The maximum absolute atomic E-state index is 14.3. The minimum atomic E-state index is -1.07. The van der Waals surface area contributed by atoms with Crippen molar-refractivity contribution >= 4 is 22.6 Å². The molecule has 7 heteroatoms. The van der Waals surface area contributed by atoms with Crippen LogP contribution in [0.15, 0.2) is 36.5 Å². The number of carbonyl (C=O) groups excluding carboxylic acids is 1. The summed E-state index contributed by atoms with van der Waals surface area (Å²) in [5.74, 6) is -2.25. The molecule has 0 spiro atoms. The lowest BCUT2D eigenvalue weighted by Crippen LogP contribution is -2.28. The number of fused-ring (bicyclic) bond motifs is 1. The van der Waals surface area contributed by atoms with Gasteiger partial charge >= 0.3 is 0 Å². The zero-order valence-electron chi connectivity index (χ0n) is 14.0. The maximum atomic E-state index is 14.3. The van der Waals surface area contributed by atoms with Crippen molar-refractivity contribution in [3.05, 3.63) is 65.1 Å². The minimum absolute atomic E-state index is 0.125. The Morgan fingerprint density at radius 2 is 1.85 bits per heavy atom. The normalized spacial score (nSPS) is 10.5. The molecule has 0 unspecified atom stereocenters. The van der Waals surface area contributed by atoms with Crippen molar-refractivity contribution in [3.8, 4) is 23.5 Å². The van der Waals surface area contributed by atoms with E-state index < -0.39 is 34.8 Å². The number of hydrogen-bond acceptors (Lipinski definition) is 3. The highest BCUT2D eigenvalue weighted by atomic mass is 19.1. The largest absolute Gasteiger partial charge is 0.300 e. The van der Waals surface area contributed by atoms with Gasteiger partial charge in [0, 0.05) is 29.3 Å². The van der Waals surface area contributed by atoms with Crippen LogP contribution in [0.25, 0.3) is 22.0 Å². The van der Waals surface area contributed by atoms with E-state index in [2.05, 4.69) is 10.3 Å². The summed E-state index contributed by atoms with van der Waals surface area (Å²) in [4.78, 5) is 16.5. The number of amidine groups is 1. The lowest BCUT2D eigenvalue weighted by Gasteiger charge is -2.12. The van der Waals surface area contributed by atoms with E-state index in [9.17, 15) is 18.0 Å². The number of rotatable bonds is 2. The van der Waals surface area contributed by atoms with Crippen molar-refractivity contribution in [3.63, 3.8) is 0 Å². The quantitative estimate of drug-likeness (QED) is 0.409. The minimum Gasteiger partial charge on any atom is -0.300 e. The molecule has 1 aromatic heterocycles. The third-order valence-electron chi connectivity index (χ3n) is 3.96. The number of carbonyl (C=O) groups is 1. The van der Waals surface area contributed by atoms with Crippen LogP contribution in [-0.4, -0.2) is 16.7 Å². The molecule has 134 valence electrons. The second-order valence-electron chi connectivity index (χ2n) is 5.77. The number of aromatic nitrogens is 1. The van der Waals surface area contributed by atoms with Crippen molar-refractivity contribution in [2.75, 3.05) is 0 Å². The predicted molar refractivity (Wildman–Crippen MR) is 95.8 cm³/mol. The van der Waals surface area contributed by atoms with E-state index in [0.29, 0.717) is 28.6 Å². The molecule has 1 amide bonds. The zero-order valence-corrected chi connectivity index (χ0v) is 14.0. The fourth-order valence-corrected chi connectivity index (χ4v) is 2.80. The lowest BCUT2D eigenvalue weighted by molar-refractivity contribution is 0.0977. The number of terminal acetylenes is 1. The Bertz CT molecular complexity index is 1130. The van der Waals surface area contributed by atoms with Crippen molar-refractivity contribution in [2.45, 2.75) is 6.92 Å². The van der Waals surface area contributed by atoms with Gasteiger partial charge in [0.2, 0.25) is 0 Å². The summed E-state index contributed by atoms with van der Waals surface area (Å²) in [6, 6.07) is 5.47. The molecule has 27 heavy (non-hydrogen) atoms. The van der Waals surface area contributed by atoms with Gasteiger partial charge in [-0.3, -0.25) is 20.5 Å². The van der Waals surface area contributed by atoms with Gasteiger partial charge in [-0.25, -0.2) is 13.2 Å². The van der Waals surface area contributed by atoms with Crippen LogP contribution >= 0.6 is 0 Å². The predicted octanol–water partition coefficient (Wildman–Crippen LogP) is 3.97. The molecule has 0 aliphatic heterocycles. The smallest absolute Gasteiger partial charge is 0.257 e. The number of aryl methyl sites for hydroxylation is 1. The van der Waals surface area contributed by atoms with Gasteiger partial charge in [-0.1, -0.05) is 0 Å². The van der Waals surface area contributed by atoms with Crippen LogP contribution in [-0.2, 0) is 0 Å². The van der Waals surface area contributed by atoms with E-state index in [1.165, 1.54) is 24.4 Å². The molecular weight excluding hydrogens is 355 g/mol. The molecule has 0 aliphatic rings. The van der Waals surface area contributed by atoms with Gasteiger partial charge in [0.15, 0.2) is 5.84 Å². The van der Waals surface area contributed by atoms with E-state index in [1.54, 1.807) is 6.92 Å². The van der Waals surface area contributed by atoms with Crippen molar-refractivity contribution in [1.82, 2.24) is 10.3 Å². The second kappa shape index (κ2) is 6.92. The molecule has 3 aromatic rings. The molecular formula is C20H12F3N3O. The van der Waals surface area contributed by atoms with Crippen LogP contribution in [0.2, 0.25) is 0 Å². The van der Waals surface area contributed by atoms with Crippen LogP contribution in [0.4, 0.5) is 13.2 Å². The summed E-state index contributed by atoms with van der Waals surface area (Å²) in [6.45, 7) is 1.68. The number of nitrogens with one attached hydrogen (secondary N) is 2. The fourth-order valence-electron chi connectivity index (χ4n) is 2.80. The van der Waals surface area contributed by atoms with Gasteiger partial charge in [-0.2, -0.15) is 0 Å². The molecule has 3 rings (SSSR count). The second-order valence-corrected chi connectivity index (χ2v) is 5.77. The summed E-state index contributed by atoms with van der Waals surface area (Å²) in [6.07, 6.45) is 6.43. The topological polar surface area (TPSA) is 65.8 Å². The molecule has 0 fully saturated rings. The van der Waals surface area contributed by atoms with E-state index in [4.69, 9.17) is 11.8 Å². The van der Waals surface area contributed by atoms with Crippen molar-refractivity contribution in [2.24, 2.45) is 0 Å². The molecule has 2 aromatic carbocycles. The van der Waals surface area contributed by atoms with E-state index >= 15 is 0 Å². The van der Waals surface area contributed by atoms with Gasteiger partial charge < -0.3 is 0 Å². The van der Waals surface area contributed by atoms with Gasteiger partial charge in [-0.05, 0) is 42.2 Å². The summed E-state index contributed by atoms with van der Waals surface area (Å²) in [5.41, 5.74) is 0.850. The number of halogens is 3. The Hall–Kier alpha value is -3.66. The molecule has 0 saturated heterocycles. The first-order valence-corrected chi connectivity index (χ1v) is 7.72. The third kappa shape index (κ3) is 3.37. The number of amides is 1. The van der Waals surface area contributed by atoms with E-state index in [-0.39, 0.29) is 11.1 Å². The summed E-state index contributed by atoms with van der Waals surface area (Å²) in [7, 11) is 0. The molecule has 0 bridgehead atoms. The van der Waals surface area contributed by atoms with Crippen LogP contribution in [0.5, 0.6) is 0 Å². The maximum Gasteiger partial charge on any atom is 0.257 e. The summed E-state index contributed by atoms with van der Waals surface area (Å²) >= 11 is 0. The Kier molecular flexibility index (Phi) is 4.65. The third-order valence-corrected chi connectivity index (χ3v) is 3.96. The molecule has 0 aliphatic carbocycles. The average molecular weight is 367 g/mol. The first-order valence-electron chi connectivity index (χ1n) is 7.72. The summed E-state index contributed by atoms with van der Waals surface area (Å²) < 4.78 is 41.8. The fraction of sp³-hybridized carbons (Fsp3) is 0.0500. The molecule has 2 N–H and O–H groups in total. The number of nitrogens with zero attached hydrogens (tertiary/aromatic N) is 1. The monoisotopic (exact) mass is 367 g/mol. The van der Waals surface area contributed by atoms with Crippen LogP contribution < -0.4 is 5.32 Å². The van der Waals surface area contributed by atoms with Crippen LogP contribution in [0, 0.1) is 42.1 Å². The van der Waals surface area contributed by atoms with Crippen LogP contribution in [0.3, 0.4) is 0 Å². The Morgan fingerprint density at radius 3 is 2.48 bits per heavy atom. The lowest BCUT2D eigenvalue weighted by atomic mass is 9.96. The van der Waals surface area contributed by atoms with Gasteiger partial charge in [-0.15, -0.1) is 6.42 Å². The highest BCUT2D eigenvalue weighted by Crippen LogP contribution is 2.33. The Labute approximate surface area is 152 Å². The summed E-state index contributed by atoms with van der Waals surface area (Å²) in [5, 5.41) is 9.89. The molecule has 0 radical (unpaired) electrons. The number of benzene rings is 2. The van der Waals surface area contributed by atoms with E-state index in [1.807, 2.05) is 5.92 Å². The molecule has 4 nitrogen and oxygen atoms in total.